The molecule has 0 bridgehead atoms. The first-order valence-corrected chi connectivity index (χ1v) is 9.98. The van der Waals surface area contributed by atoms with Gasteiger partial charge < -0.3 is 24.3 Å². The third-order valence-corrected chi connectivity index (χ3v) is 4.34. The van der Waals surface area contributed by atoms with E-state index in [0.717, 1.165) is 12.2 Å². The summed E-state index contributed by atoms with van der Waals surface area (Å²) in [6, 6.07) is 10.5. The van der Waals surface area contributed by atoms with E-state index in [0.29, 0.717) is 41.6 Å². The van der Waals surface area contributed by atoms with Crippen LogP contribution < -0.4 is 24.8 Å². The summed E-state index contributed by atoms with van der Waals surface area (Å²) >= 11 is 0. The summed E-state index contributed by atoms with van der Waals surface area (Å²) in [5.41, 5.74) is 1.72. The summed E-state index contributed by atoms with van der Waals surface area (Å²) in [6.07, 6.45) is 0.641. The zero-order valence-corrected chi connectivity index (χ0v) is 17.2. The predicted molar refractivity (Wildman–Crippen MR) is 113 cm³/mol. The van der Waals surface area contributed by atoms with Gasteiger partial charge in [0.25, 0.3) is 0 Å². The molecular weight excluding hydrogens is 388 g/mol. The van der Waals surface area contributed by atoms with Gasteiger partial charge in [-0.15, -0.1) is 0 Å². The van der Waals surface area contributed by atoms with Crippen molar-refractivity contribution in [3.05, 3.63) is 42.0 Å². The highest BCUT2D eigenvalue weighted by Crippen LogP contribution is 2.39. The molecule has 160 valence electrons. The molecule has 0 unspecified atom stereocenters. The summed E-state index contributed by atoms with van der Waals surface area (Å²) in [4.78, 5) is 24.3. The number of amides is 1. The van der Waals surface area contributed by atoms with Crippen LogP contribution in [0, 0.1) is 0 Å². The molecule has 8 nitrogen and oxygen atoms in total. The first-order chi connectivity index (χ1) is 14.6. The molecule has 8 heteroatoms. The van der Waals surface area contributed by atoms with Gasteiger partial charge in [0.05, 0.1) is 24.6 Å². The summed E-state index contributed by atoms with van der Waals surface area (Å²) in [6.45, 7) is 5.17. The quantitative estimate of drug-likeness (QED) is 0.554. The predicted octanol–water partition coefficient (Wildman–Crippen LogP) is 4.46. The minimum atomic E-state index is -0.569. The Kier molecular flexibility index (Phi) is 7.37. The monoisotopic (exact) mass is 414 g/mol. The van der Waals surface area contributed by atoms with Gasteiger partial charge in [-0.25, -0.2) is 4.79 Å². The minimum Gasteiger partial charge on any atom is -0.494 e. The number of ketones is 1. The number of nitrogens with one attached hydrogen (secondary N) is 2. The number of carbonyl (C=O) groups is 2. The highest BCUT2D eigenvalue weighted by Gasteiger charge is 2.19. The Morgan fingerprint density at radius 2 is 1.73 bits per heavy atom. The normalized spacial score (nSPS) is 11.7. The molecule has 1 amide bonds. The second-order valence-corrected chi connectivity index (χ2v) is 6.57. The van der Waals surface area contributed by atoms with E-state index in [9.17, 15) is 9.59 Å². The van der Waals surface area contributed by atoms with E-state index in [-0.39, 0.29) is 25.6 Å². The molecule has 0 aromatic heterocycles. The Bertz CT molecular complexity index is 882. The molecule has 30 heavy (non-hydrogen) atoms. The fraction of sp³-hybridized carbons (Fsp3) is 0.364. The Morgan fingerprint density at radius 3 is 2.40 bits per heavy atom. The van der Waals surface area contributed by atoms with Crippen LogP contribution in [0.2, 0.25) is 0 Å². The Hall–Kier alpha value is -3.42. The van der Waals surface area contributed by atoms with E-state index < -0.39 is 6.09 Å². The van der Waals surface area contributed by atoms with Crippen LogP contribution in [0.4, 0.5) is 16.2 Å². The largest absolute Gasteiger partial charge is 0.494 e. The molecule has 1 aliphatic rings. The van der Waals surface area contributed by atoms with Crippen molar-refractivity contribution >= 4 is 23.3 Å². The number of fused-ring (bicyclic) bond motifs is 1. The molecule has 1 heterocycles. The van der Waals surface area contributed by atoms with Crippen LogP contribution in [0.5, 0.6) is 17.2 Å². The lowest BCUT2D eigenvalue weighted by Crippen LogP contribution is -2.16. The highest BCUT2D eigenvalue weighted by atomic mass is 16.7. The standard InChI is InChI=1S/C22H26N2O6/c1-3-11-28-16-7-5-15(6-8-16)19(25)9-10-23-17-12-20-21(30-14-29-20)13-18(17)24-22(26)27-4-2/h5-8,12-13,23H,3-4,9-11,14H2,1-2H3,(H,24,26). The Balaban J connectivity index is 1.60. The molecule has 0 spiro atoms. The SMILES string of the molecule is CCCOc1ccc(C(=O)CCNc2cc3c(cc2NC(=O)OCC)OCO3)cc1. The smallest absolute Gasteiger partial charge is 0.411 e. The third kappa shape index (κ3) is 5.56. The lowest BCUT2D eigenvalue weighted by molar-refractivity contribution is 0.0986. The van der Waals surface area contributed by atoms with Crippen molar-refractivity contribution in [1.82, 2.24) is 0 Å². The second-order valence-electron chi connectivity index (χ2n) is 6.57. The molecule has 0 saturated heterocycles. The topological polar surface area (TPSA) is 95.1 Å². The van der Waals surface area contributed by atoms with Crippen LogP contribution in [0.15, 0.2) is 36.4 Å². The van der Waals surface area contributed by atoms with Crippen molar-refractivity contribution in [3.8, 4) is 17.2 Å². The summed E-state index contributed by atoms with van der Waals surface area (Å²) in [5.74, 6) is 1.86. The maximum absolute atomic E-state index is 12.5. The van der Waals surface area contributed by atoms with Crippen molar-refractivity contribution in [2.45, 2.75) is 26.7 Å². The average Bonchev–Trinajstić information content (AvgIpc) is 3.20. The number of hydrogen-bond acceptors (Lipinski definition) is 7. The van der Waals surface area contributed by atoms with E-state index in [1.807, 2.05) is 6.92 Å². The number of hydrogen-bond donors (Lipinski definition) is 2. The molecule has 2 aromatic rings. The first-order valence-electron chi connectivity index (χ1n) is 9.98. The lowest BCUT2D eigenvalue weighted by atomic mass is 10.1. The van der Waals surface area contributed by atoms with Gasteiger partial charge in [0.1, 0.15) is 5.75 Å². The van der Waals surface area contributed by atoms with Gasteiger partial charge in [0.15, 0.2) is 17.3 Å². The average molecular weight is 414 g/mol. The second kappa shape index (κ2) is 10.4. The number of benzene rings is 2. The third-order valence-electron chi connectivity index (χ3n) is 4.34. The van der Waals surface area contributed by atoms with Gasteiger partial charge in [0.2, 0.25) is 6.79 Å². The van der Waals surface area contributed by atoms with E-state index in [4.69, 9.17) is 18.9 Å². The molecule has 0 radical (unpaired) electrons. The van der Waals surface area contributed by atoms with Gasteiger partial charge in [0, 0.05) is 30.7 Å². The van der Waals surface area contributed by atoms with Crippen LogP contribution in [0.3, 0.4) is 0 Å². The maximum atomic E-state index is 12.5. The van der Waals surface area contributed by atoms with E-state index in [1.165, 1.54) is 0 Å². The molecule has 0 aliphatic carbocycles. The van der Waals surface area contributed by atoms with E-state index >= 15 is 0 Å². The summed E-state index contributed by atoms with van der Waals surface area (Å²) in [7, 11) is 0. The molecule has 0 fully saturated rings. The van der Waals surface area contributed by atoms with Gasteiger partial charge in [-0.05, 0) is 37.6 Å². The molecule has 0 saturated carbocycles. The van der Waals surface area contributed by atoms with Gasteiger partial charge >= 0.3 is 6.09 Å². The number of anilines is 2. The van der Waals surface area contributed by atoms with Gasteiger partial charge in [-0.2, -0.15) is 0 Å². The van der Waals surface area contributed by atoms with E-state index in [2.05, 4.69) is 10.6 Å². The minimum absolute atomic E-state index is 0.00480. The first kappa shape index (κ1) is 21.3. The molecule has 2 aromatic carbocycles. The van der Waals surface area contributed by atoms with Gasteiger partial charge in [-0.3, -0.25) is 10.1 Å². The zero-order chi connectivity index (χ0) is 21.3. The number of rotatable bonds is 10. The van der Waals surface area contributed by atoms with Crippen molar-refractivity contribution < 1.29 is 28.5 Å². The highest BCUT2D eigenvalue weighted by molar-refractivity contribution is 5.96. The molecule has 3 rings (SSSR count). The fourth-order valence-corrected chi connectivity index (χ4v) is 2.88. The fourth-order valence-electron chi connectivity index (χ4n) is 2.88. The Labute approximate surface area is 175 Å². The number of ether oxygens (including phenoxy) is 4. The van der Waals surface area contributed by atoms with E-state index in [1.54, 1.807) is 43.3 Å². The maximum Gasteiger partial charge on any atom is 0.411 e. The lowest BCUT2D eigenvalue weighted by Gasteiger charge is -2.14. The van der Waals surface area contributed by atoms with Crippen LogP contribution in [-0.4, -0.2) is 38.4 Å². The van der Waals surface area contributed by atoms with Crippen LogP contribution in [0.25, 0.3) is 0 Å². The van der Waals surface area contributed by atoms with Crippen molar-refractivity contribution in [2.24, 2.45) is 0 Å². The van der Waals surface area contributed by atoms with Crippen molar-refractivity contribution in [2.75, 3.05) is 37.2 Å². The van der Waals surface area contributed by atoms with Crippen molar-refractivity contribution in [1.29, 1.82) is 0 Å². The van der Waals surface area contributed by atoms with Crippen LogP contribution in [-0.2, 0) is 4.74 Å². The zero-order valence-electron chi connectivity index (χ0n) is 17.2. The molecule has 2 N–H and O–H groups in total. The summed E-state index contributed by atoms with van der Waals surface area (Å²) in [5, 5.41) is 5.85. The molecular formula is C22H26N2O6. The molecule has 0 atom stereocenters. The van der Waals surface area contributed by atoms with Crippen LogP contribution in [0.1, 0.15) is 37.0 Å². The Morgan fingerprint density at radius 1 is 1.03 bits per heavy atom. The molecule has 1 aliphatic heterocycles. The number of Topliss-reactive ketones (excluding diaryl/α,β-unsaturated/α-hetero) is 1. The number of carbonyl (C=O) groups excluding carboxylic acids is 2. The van der Waals surface area contributed by atoms with Crippen molar-refractivity contribution in [3.63, 3.8) is 0 Å². The van der Waals surface area contributed by atoms with Gasteiger partial charge in [-0.1, -0.05) is 6.92 Å². The van der Waals surface area contributed by atoms with Crippen LogP contribution >= 0.6 is 0 Å². The summed E-state index contributed by atoms with van der Waals surface area (Å²) < 4.78 is 21.2.